The predicted octanol–water partition coefficient (Wildman–Crippen LogP) is 1.17. The zero-order valence-electron chi connectivity index (χ0n) is 6.79. The molecule has 0 fully saturated rings. The summed E-state index contributed by atoms with van der Waals surface area (Å²) in [5.74, 6) is 0.0372. The number of nitrogens with two attached hydrogens (primary N) is 1. The number of hydrogen-bond donors (Lipinski definition) is 2. The Balaban J connectivity index is 3.01. The van der Waals surface area contributed by atoms with Gasteiger partial charge in [-0.05, 0) is 6.92 Å². The average molecular weight is 162 g/mol. The molecule has 0 aromatic heterocycles. The molecule has 3 N–H and O–H groups in total. The first kappa shape index (κ1) is 8.46. The Bertz CT molecular complexity index is 281. The summed E-state index contributed by atoms with van der Waals surface area (Å²) < 4.78 is 0. The van der Waals surface area contributed by atoms with Gasteiger partial charge in [-0.2, -0.15) is 0 Å². The molecule has 3 heteroatoms. The van der Waals surface area contributed by atoms with Crippen LogP contribution in [-0.4, -0.2) is 11.6 Å². The second kappa shape index (κ2) is 3.17. The standard InChI is InChI=1S/C9H10N2O/c1-6(12)7-2-4-8(5-3-7)9(10)11/h2-5H,1H3,(H3,10,11). The van der Waals surface area contributed by atoms with Crippen LogP contribution in [0.5, 0.6) is 0 Å². The predicted molar refractivity (Wildman–Crippen MR) is 47.5 cm³/mol. The second-order valence-corrected chi connectivity index (χ2v) is 2.55. The number of benzene rings is 1. The summed E-state index contributed by atoms with van der Waals surface area (Å²) in [6.07, 6.45) is 0. The van der Waals surface area contributed by atoms with E-state index in [9.17, 15) is 4.79 Å². The van der Waals surface area contributed by atoms with Gasteiger partial charge >= 0.3 is 0 Å². The summed E-state index contributed by atoms with van der Waals surface area (Å²) in [6, 6.07) is 6.66. The fourth-order valence-electron chi connectivity index (χ4n) is 0.884. The Hall–Kier alpha value is -1.64. The molecule has 1 rings (SSSR count). The second-order valence-electron chi connectivity index (χ2n) is 2.55. The van der Waals surface area contributed by atoms with Crippen molar-refractivity contribution in [3.8, 4) is 0 Å². The maximum atomic E-state index is 10.8. The minimum absolute atomic E-state index is 0.0186. The van der Waals surface area contributed by atoms with E-state index in [1.165, 1.54) is 6.92 Å². The minimum Gasteiger partial charge on any atom is -0.384 e. The Kier molecular flexibility index (Phi) is 2.24. The topological polar surface area (TPSA) is 66.9 Å². The van der Waals surface area contributed by atoms with Crippen molar-refractivity contribution in [2.24, 2.45) is 5.73 Å². The molecule has 0 spiro atoms. The average Bonchev–Trinajstić information content (AvgIpc) is 2.04. The number of carbonyl (C=O) groups excluding carboxylic acids is 1. The van der Waals surface area contributed by atoms with E-state index in [0.29, 0.717) is 11.1 Å². The molecular weight excluding hydrogens is 152 g/mol. The van der Waals surface area contributed by atoms with Gasteiger partial charge in [0.25, 0.3) is 0 Å². The fourth-order valence-corrected chi connectivity index (χ4v) is 0.884. The number of nitrogens with one attached hydrogen (secondary N) is 1. The number of hydrogen-bond acceptors (Lipinski definition) is 2. The molecule has 1 aromatic rings. The normalized spacial score (nSPS) is 9.42. The van der Waals surface area contributed by atoms with Crippen LogP contribution < -0.4 is 5.73 Å². The highest BCUT2D eigenvalue weighted by Gasteiger charge is 1.99. The summed E-state index contributed by atoms with van der Waals surface area (Å²) in [4.78, 5) is 10.8. The molecule has 0 unspecified atom stereocenters. The van der Waals surface area contributed by atoms with E-state index in [-0.39, 0.29) is 11.6 Å². The molecule has 1 aromatic carbocycles. The summed E-state index contributed by atoms with van der Waals surface area (Å²) in [6.45, 7) is 1.50. The molecule has 62 valence electrons. The summed E-state index contributed by atoms with van der Waals surface area (Å²) in [5, 5.41) is 7.11. The molecule has 0 aliphatic carbocycles. The Morgan fingerprint density at radius 1 is 1.25 bits per heavy atom. The number of Topliss-reactive ketones (excluding diaryl/α,β-unsaturated/α-hetero) is 1. The molecule has 0 heterocycles. The van der Waals surface area contributed by atoms with Crippen LogP contribution in [0.3, 0.4) is 0 Å². The van der Waals surface area contributed by atoms with Gasteiger partial charge in [-0.3, -0.25) is 10.2 Å². The number of carbonyl (C=O) groups is 1. The molecular formula is C9H10N2O. The van der Waals surface area contributed by atoms with Crippen molar-refractivity contribution in [1.82, 2.24) is 0 Å². The monoisotopic (exact) mass is 162 g/mol. The van der Waals surface area contributed by atoms with Crippen LogP contribution in [0.25, 0.3) is 0 Å². The van der Waals surface area contributed by atoms with Gasteiger partial charge < -0.3 is 5.73 Å². The molecule has 0 aliphatic rings. The van der Waals surface area contributed by atoms with Gasteiger partial charge in [0.1, 0.15) is 5.84 Å². The van der Waals surface area contributed by atoms with E-state index in [1.807, 2.05) is 0 Å². The lowest BCUT2D eigenvalue weighted by atomic mass is 10.1. The highest BCUT2D eigenvalue weighted by Crippen LogP contribution is 2.03. The van der Waals surface area contributed by atoms with Gasteiger partial charge in [-0.25, -0.2) is 0 Å². The van der Waals surface area contributed by atoms with Crippen LogP contribution >= 0.6 is 0 Å². The zero-order chi connectivity index (χ0) is 9.14. The first-order chi connectivity index (χ1) is 5.61. The lowest BCUT2D eigenvalue weighted by Crippen LogP contribution is -2.10. The van der Waals surface area contributed by atoms with E-state index < -0.39 is 0 Å². The van der Waals surface area contributed by atoms with Crippen molar-refractivity contribution in [2.45, 2.75) is 6.92 Å². The fraction of sp³-hybridized carbons (Fsp3) is 0.111. The van der Waals surface area contributed by atoms with Crippen molar-refractivity contribution in [3.63, 3.8) is 0 Å². The molecule has 0 aliphatic heterocycles. The van der Waals surface area contributed by atoms with Crippen LogP contribution in [0.2, 0.25) is 0 Å². The lowest BCUT2D eigenvalue weighted by molar-refractivity contribution is 0.101. The molecule has 0 amide bonds. The summed E-state index contributed by atoms with van der Waals surface area (Å²) in [7, 11) is 0. The van der Waals surface area contributed by atoms with Crippen LogP contribution in [0.15, 0.2) is 24.3 Å². The van der Waals surface area contributed by atoms with E-state index in [4.69, 9.17) is 11.1 Å². The SMILES string of the molecule is CC(=O)c1ccc(C(=N)N)cc1. The highest BCUT2D eigenvalue weighted by atomic mass is 16.1. The Labute approximate surface area is 70.7 Å². The first-order valence-corrected chi connectivity index (χ1v) is 3.56. The van der Waals surface area contributed by atoms with Gasteiger partial charge in [0.2, 0.25) is 0 Å². The van der Waals surface area contributed by atoms with Crippen LogP contribution in [0.4, 0.5) is 0 Å². The Morgan fingerprint density at radius 3 is 2.00 bits per heavy atom. The van der Waals surface area contributed by atoms with Gasteiger partial charge in [-0.1, -0.05) is 24.3 Å². The van der Waals surface area contributed by atoms with Gasteiger partial charge in [-0.15, -0.1) is 0 Å². The molecule has 0 radical (unpaired) electrons. The van der Waals surface area contributed by atoms with E-state index in [2.05, 4.69) is 0 Å². The molecule has 3 nitrogen and oxygen atoms in total. The van der Waals surface area contributed by atoms with Crippen molar-refractivity contribution in [2.75, 3.05) is 0 Å². The smallest absolute Gasteiger partial charge is 0.159 e. The zero-order valence-corrected chi connectivity index (χ0v) is 6.79. The quantitative estimate of drug-likeness (QED) is 0.389. The maximum absolute atomic E-state index is 10.8. The van der Waals surface area contributed by atoms with E-state index in [1.54, 1.807) is 24.3 Å². The third kappa shape index (κ3) is 1.69. The van der Waals surface area contributed by atoms with Crippen molar-refractivity contribution < 1.29 is 4.79 Å². The largest absolute Gasteiger partial charge is 0.384 e. The molecule has 12 heavy (non-hydrogen) atoms. The summed E-state index contributed by atoms with van der Waals surface area (Å²) in [5.41, 5.74) is 6.52. The van der Waals surface area contributed by atoms with Crippen LogP contribution in [0.1, 0.15) is 22.8 Å². The van der Waals surface area contributed by atoms with Crippen molar-refractivity contribution >= 4 is 11.6 Å². The number of rotatable bonds is 2. The van der Waals surface area contributed by atoms with Crippen molar-refractivity contribution in [3.05, 3.63) is 35.4 Å². The third-order valence-electron chi connectivity index (χ3n) is 1.60. The number of ketones is 1. The van der Waals surface area contributed by atoms with Crippen LogP contribution in [-0.2, 0) is 0 Å². The van der Waals surface area contributed by atoms with E-state index in [0.717, 1.165) is 0 Å². The van der Waals surface area contributed by atoms with E-state index >= 15 is 0 Å². The van der Waals surface area contributed by atoms with Gasteiger partial charge in [0, 0.05) is 11.1 Å². The minimum atomic E-state index is 0.0186. The molecule has 0 saturated carbocycles. The van der Waals surface area contributed by atoms with Gasteiger partial charge in [0.15, 0.2) is 5.78 Å². The van der Waals surface area contributed by atoms with Gasteiger partial charge in [0.05, 0.1) is 0 Å². The lowest BCUT2D eigenvalue weighted by Gasteiger charge is -1.98. The maximum Gasteiger partial charge on any atom is 0.159 e. The molecule has 0 atom stereocenters. The van der Waals surface area contributed by atoms with Crippen molar-refractivity contribution in [1.29, 1.82) is 5.41 Å². The summed E-state index contributed by atoms with van der Waals surface area (Å²) >= 11 is 0. The first-order valence-electron chi connectivity index (χ1n) is 3.56. The number of nitrogen functional groups attached to an aromatic ring is 1. The Morgan fingerprint density at radius 2 is 1.67 bits per heavy atom. The highest BCUT2D eigenvalue weighted by molar-refractivity contribution is 5.98. The molecule has 0 saturated heterocycles. The van der Waals surface area contributed by atoms with Crippen LogP contribution in [0, 0.1) is 5.41 Å². The third-order valence-corrected chi connectivity index (χ3v) is 1.60. The molecule has 0 bridgehead atoms. The number of amidine groups is 1.